The Bertz CT molecular complexity index is 913. The summed E-state index contributed by atoms with van der Waals surface area (Å²) in [5, 5.41) is 0. The zero-order chi connectivity index (χ0) is 20.1. The van der Waals surface area contributed by atoms with Crippen molar-refractivity contribution in [2.45, 2.75) is 11.0 Å². The van der Waals surface area contributed by atoms with Crippen molar-refractivity contribution in [1.29, 1.82) is 0 Å². The van der Waals surface area contributed by atoms with Crippen LogP contribution in [0.1, 0.15) is 22.0 Å². The maximum Gasteiger partial charge on any atom is 0.254 e. The maximum absolute atomic E-state index is 13.1. The first-order valence-corrected chi connectivity index (χ1v) is 10.5. The molecule has 8 heteroatoms. The van der Waals surface area contributed by atoms with Crippen LogP contribution in [0.5, 0.6) is 0 Å². The third kappa shape index (κ3) is 4.76. The van der Waals surface area contributed by atoms with Crippen LogP contribution in [0, 0.1) is 5.82 Å². The number of carbonyl (C=O) groups is 1. The zero-order valence-electron chi connectivity index (χ0n) is 15.5. The van der Waals surface area contributed by atoms with Gasteiger partial charge in [-0.05, 0) is 42.0 Å². The Hall–Kier alpha value is -2.29. The molecule has 3 rings (SSSR count). The molecule has 0 aliphatic carbocycles. The minimum absolute atomic E-state index is 0.112. The molecule has 1 aliphatic heterocycles. The lowest BCUT2D eigenvalue weighted by molar-refractivity contribution is -0.0228. The fourth-order valence-corrected chi connectivity index (χ4v) is 4.18. The summed E-state index contributed by atoms with van der Waals surface area (Å²) >= 11 is 0. The van der Waals surface area contributed by atoms with E-state index in [1.165, 1.54) is 43.5 Å². The van der Waals surface area contributed by atoms with E-state index in [4.69, 9.17) is 9.47 Å². The van der Waals surface area contributed by atoms with Crippen LogP contribution in [0.4, 0.5) is 4.39 Å². The smallest absolute Gasteiger partial charge is 0.254 e. The Morgan fingerprint density at radius 3 is 2.50 bits per heavy atom. The van der Waals surface area contributed by atoms with Crippen molar-refractivity contribution < 1.29 is 27.1 Å². The SMILES string of the molecule is COCCS(=O)(=O)c1ccc(C(=O)N2CCOC(c3ccc(F)cc3)C2)cc1. The standard InChI is InChI=1S/C20H22FNO5S/c1-26-12-13-28(24,25)18-8-4-16(5-9-18)20(23)22-10-11-27-19(14-22)15-2-6-17(21)7-3-15/h2-9,19H,10-14H2,1H3. The van der Waals surface area contributed by atoms with Gasteiger partial charge >= 0.3 is 0 Å². The van der Waals surface area contributed by atoms with Crippen molar-refractivity contribution in [2.75, 3.05) is 39.2 Å². The van der Waals surface area contributed by atoms with Crippen LogP contribution >= 0.6 is 0 Å². The molecule has 1 unspecified atom stereocenters. The molecule has 0 saturated carbocycles. The number of carbonyl (C=O) groups excluding carboxylic acids is 1. The second kappa shape index (κ2) is 8.81. The summed E-state index contributed by atoms with van der Waals surface area (Å²) in [6, 6.07) is 11.9. The molecule has 0 spiro atoms. The predicted octanol–water partition coefficient (Wildman–Crippen LogP) is 2.46. The van der Waals surface area contributed by atoms with Gasteiger partial charge in [-0.1, -0.05) is 12.1 Å². The number of benzene rings is 2. The van der Waals surface area contributed by atoms with Gasteiger partial charge in [0.25, 0.3) is 5.91 Å². The fourth-order valence-electron chi connectivity index (χ4n) is 3.01. The largest absolute Gasteiger partial charge is 0.384 e. The lowest BCUT2D eigenvalue weighted by Gasteiger charge is -2.33. The Labute approximate surface area is 163 Å². The molecule has 1 atom stereocenters. The summed E-state index contributed by atoms with van der Waals surface area (Å²) in [6.45, 7) is 1.27. The molecule has 150 valence electrons. The zero-order valence-corrected chi connectivity index (χ0v) is 16.3. The Morgan fingerprint density at radius 2 is 1.86 bits per heavy atom. The van der Waals surface area contributed by atoms with E-state index >= 15 is 0 Å². The van der Waals surface area contributed by atoms with E-state index in [1.54, 1.807) is 17.0 Å². The van der Waals surface area contributed by atoms with Gasteiger partial charge in [0.1, 0.15) is 11.9 Å². The van der Waals surface area contributed by atoms with Crippen molar-refractivity contribution in [3.8, 4) is 0 Å². The molecule has 6 nitrogen and oxygen atoms in total. The Balaban J connectivity index is 1.70. The number of methoxy groups -OCH3 is 1. The minimum atomic E-state index is -3.44. The molecule has 0 N–H and O–H groups in total. The number of nitrogens with zero attached hydrogens (tertiary/aromatic N) is 1. The summed E-state index contributed by atoms with van der Waals surface area (Å²) in [5.74, 6) is -0.635. The van der Waals surface area contributed by atoms with E-state index in [-0.39, 0.29) is 35.1 Å². The summed E-state index contributed by atoms with van der Waals surface area (Å²) in [4.78, 5) is 14.6. The topological polar surface area (TPSA) is 72.9 Å². The molecule has 28 heavy (non-hydrogen) atoms. The van der Waals surface area contributed by atoms with E-state index in [2.05, 4.69) is 0 Å². The minimum Gasteiger partial charge on any atom is -0.384 e. The van der Waals surface area contributed by atoms with Crippen molar-refractivity contribution in [3.63, 3.8) is 0 Å². The Morgan fingerprint density at radius 1 is 1.18 bits per heavy atom. The summed E-state index contributed by atoms with van der Waals surface area (Å²) < 4.78 is 48.0. The lowest BCUT2D eigenvalue weighted by Crippen LogP contribution is -2.42. The molecule has 1 heterocycles. The van der Waals surface area contributed by atoms with Crippen LogP contribution < -0.4 is 0 Å². The van der Waals surface area contributed by atoms with Crippen LogP contribution in [0.15, 0.2) is 53.4 Å². The van der Waals surface area contributed by atoms with Crippen LogP contribution in [0.2, 0.25) is 0 Å². The second-order valence-electron chi connectivity index (χ2n) is 6.50. The molecular formula is C20H22FNO5S. The highest BCUT2D eigenvalue weighted by Crippen LogP contribution is 2.24. The van der Waals surface area contributed by atoms with Gasteiger partial charge in [0.2, 0.25) is 0 Å². The third-order valence-electron chi connectivity index (χ3n) is 4.61. The quantitative estimate of drug-likeness (QED) is 0.736. The first kappa shape index (κ1) is 20.4. The van der Waals surface area contributed by atoms with Crippen LogP contribution in [0.25, 0.3) is 0 Å². The number of ether oxygens (including phenoxy) is 2. The summed E-state index contributed by atoms with van der Waals surface area (Å²) in [7, 11) is -2.00. The molecule has 2 aromatic rings. The van der Waals surface area contributed by atoms with Gasteiger partial charge in [-0.15, -0.1) is 0 Å². The number of sulfone groups is 1. The highest BCUT2D eigenvalue weighted by atomic mass is 32.2. The number of morpholine rings is 1. The molecule has 0 aromatic heterocycles. The number of hydrogen-bond donors (Lipinski definition) is 0. The fraction of sp³-hybridized carbons (Fsp3) is 0.350. The molecule has 1 aliphatic rings. The molecule has 1 amide bonds. The van der Waals surface area contributed by atoms with Gasteiger partial charge in [-0.2, -0.15) is 0 Å². The van der Waals surface area contributed by atoms with E-state index in [0.29, 0.717) is 25.3 Å². The molecule has 1 fully saturated rings. The summed E-state index contributed by atoms with van der Waals surface area (Å²) in [5.41, 5.74) is 1.21. The first-order valence-electron chi connectivity index (χ1n) is 8.89. The first-order chi connectivity index (χ1) is 13.4. The van der Waals surface area contributed by atoms with E-state index in [9.17, 15) is 17.6 Å². The van der Waals surface area contributed by atoms with Gasteiger partial charge in [0, 0.05) is 19.2 Å². The monoisotopic (exact) mass is 407 g/mol. The van der Waals surface area contributed by atoms with Crippen LogP contribution in [-0.4, -0.2) is 58.4 Å². The van der Waals surface area contributed by atoms with Gasteiger partial charge in [0.15, 0.2) is 9.84 Å². The number of hydrogen-bond acceptors (Lipinski definition) is 5. The number of amides is 1. The average Bonchev–Trinajstić information content (AvgIpc) is 2.72. The summed E-state index contributed by atoms with van der Waals surface area (Å²) in [6.07, 6.45) is -0.327. The molecule has 0 radical (unpaired) electrons. The lowest BCUT2D eigenvalue weighted by atomic mass is 10.1. The third-order valence-corrected chi connectivity index (χ3v) is 6.31. The normalized spacial score (nSPS) is 17.5. The van der Waals surface area contributed by atoms with Gasteiger partial charge in [-0.3, -0.25) is 4.79 Å². The van der Waals surface area contributed by atoms with E-state index in [0.717, 1.165) is 5.56 Å². The predicted molar refractivity (Wildman–Crippen MR) is 101 cm³/mol. The van der Waals surface area contributed by atoms with Crippen molar-refractivity contribution >= 4 is 15.7 Å². The molecule has 2 aromatic carbocycles. The number of rotatable bonds is 6. The van der Waals surface area contributed by atoms with Crippen LogP contribution in [0.3, 0.4) is 0 Å². The Kier molecular flexibility index (Phi) is 6.43. The number of halogens is 1. The van der Waals surface area contributed by atoms with Crippen molar-refractivity contribution in [1.82, 2.24) is 4.90 Å². The molecular weight excluding hydrogens is 385 g/mol. The maximum atomic E-state index is 13.1. The highest BCUT2D eigenvalue weighted by molar-refractivity contribution is 7.91. The highest BCUT2D eigenvalue weighted by Gasteiger charge is 2.26. The van der Waals surface area contributed by atoms with Gasteiger partial charge < -0.3 is 14.4 Å². The van der Waals surface area contributed by atoms with Crippen LogP contribution in [-0.2, 0) is 19.3 Å². The van der Waals surface area contributed by atoms with Crippen molar-refractivity contribution in [2.24, 2.45) is 0 Å². The molecule has 0 bridgehead atoms. The van der Waals surface area contributed by atoms with Crippen molar-refractivity contribution in [3.05, 3.63) is 65.5 Å². The average molecular weight is 407 g/mol. The van der Waals surface area contributed by atoms with E-state index in [1.807, 2.05) is 0 Å². The van der Waals surface area contributed by atoms with E-state index < -0.39 is 9.84 Å². The second-order valence-corrected chi connectivity index (χ2v) is 8.61. The van der Waals surface area contributed by atoms with Gasteiger partial charge in [-0.25, -0.2) is 12.8 Å². The molecule has 1 saturated heterocycles. The van der Waals surface area contributed by atoms with Gasteiger partial charge in [0.05, 0.1) is 30.4 Å².